The molecule has 8 nitrogen and oxygen atoms in total. The average Bonchev–Trinajstić information content (AvgIpc) is 2.73. The second kappa shape index (κ2) is 7.58. The summed E-state index contributed by atoms with van der Waals surface area (Å²) < 4.78 is 0. The van der Waals surface area contributed by atoms with E-state index in [0.29, 0.717) is 5.13 Å². The van der Waals surface area contributed by atoms with E-state index in [1.54, 1.807) is 0 Å². The second-order valence-electron chi connectivity index (χ2n) is 4.30. The zero-order valence-electron chi connectivity index (χ0n) is 11.7. The van der Waals surface area contributed by atoms with Gasteiger partial charge in [-0.15, -0.1) is 11.3 Å². The number of aromatic nitrogens is 1. The highest BCUT2D eigenvalue weighted by Gasteiger charge is 2.21. The Bertz CT molecular complexity index is 543. The third-order valence-corrected chi connectivity index (χ3v) is 3.63. The largest absolute Gasteiger partial charge is 0.481 e. The van der Waals surface area contributed by atoms with Crippen LogP contribution in [0.2, 0.25) is 0 Å². The van der Waals surface area contributed by atoms with Crippen molar-refractivity contribution in [1.29, 1.82) is 0 Å². The number of carbonyl (C=O) groups excluding carboxylic acids is 1. The molecular weight excluding hydrogens is 298 g/mol. The molecule has 2 amide bonds. The molecule has 0 aromatic carbocycles. The Balaban J connectivity index is 2.60. The van der Waals surface area contributed by atoms with Crippen molar-refractivity contribution in [3.8, 4) is 0 Å². The number of carbonyl (C=O) groups is 3. The van der Waals surface area contributed by atoms with Crippen molar-refractivity contribution in [2.24, 2.45) is 0 Å². The first-order chi connectivity index (χ1) is 9.83. The predicted molar refractivity (Wildman–Crippen MR) is 76.7 cm³/mol. The van der Waals surface area contributed by atoms with Crippen LogP contribution >= 0.6 is 11.3 Å². The first-order valence-electron chi connectivity index (χ1n) is 6.31. The molecule has 1 atom stereocenters. The lowest BCUT2D eigenvalue weighted by molar-refractivity contribution is -0.140. The van der Waals surface area contributed by atoms with E-state index in [4.69, 9.17) is 10.2 Å². The lowest BCUT2D eigenvalue weighted by Gasteiger charge is -2.13. The van der Waals surface area contributed by atoms with Gasteiger partial charge in [0.15, 0.2) is 5.13 Å². The Hall–Kier alpha value is -2.16. The molecule has 0 spiro atoms. The molecule has 116 valence electrons. The number of hydrogen-bond donors (Lipinski definition) is 4. The van der Waals surface area contributed by atoms with E-state index in [1.807, 2.05) is 13.8 Å². The fraction of sp³-hybridized carbons (Fsp3) is 0.500. The van der Waals surface area contributed by atoms with Crippen molar-refractivity contribution < 1.29 is 24.6 Å². The minimum absolute atomic E-state index is 0.185. The summed E-state index contributed by atoms with van der Waals surface area (Å²) in [7, 11) is 0. The Morgan fingerprint density at radius 1 is 1.33 bits per heavy atom. The molecule has 0 aliphatic carbocycles. The summed E-state index contributed by atoms with van der Waals surface area (Å²) in [6, 6.07) is -1.98. The number of aliphatic carboxylic acids is 2. The van der Waals surface area contributed by atoms with Crippen LogP contribution in [0.1, 0.15) is 30.3 Å². The summed E-state index contributed by atoms with van der Waals surface area (Å²) >= 11 is 1.30. The fourth-order valence-electron chi connectivity index (χ4n) is 1.63. The maximum Gasteiger partial charge on any atom is 0.326 e. The Labute approximate surface area is 125 Å². The van der Waals surface area contributed by atoms with Crippen molar-refractivity contribution in [3.63, 3.8) is 0 Å². The van der Waals surface area contributed by atoms with Crippen LogP contribution in [0.15, 0.2) is 0 Å². The van der Waals surface area contributed by atoms with E-state index in [2.05, 4.69) is 15.6 Å². The van der Waals surface area contributed by atoms with Crippen LogP contribution < -0.4 is 10.6 Å². The maximum atomic E-state index is 11.7. The number of rotatable bonds is 7. The van der Waals surface area contributed by atoms with E-state index in [0.717, 1.165) is 17.0 Å². The molecule has 1 heterocycles. The molecule has 4 N–H and O–H groups in total. The molecule has 0 fully saturated rings. The number of aryl methyl sites for hydroxylation is 2. The zero-order valence-corrected chi connectivity index (χ0v) is 12.5. The molecule has 1 unspecified atom stereocenters. The van der Waals surface area contributed by atoms with Gasteiger partial charge in [0, 0.05) is 11.3 Å². The van der Waals surface area contributed by atoms with Crippen molar-refractivity contribution >= 4 is 34.4 Å². The molecule has 0 bridgehead atoms. The van der Waals surface area contributed by atoms with Crippen molar-refractivity contribution in [2.75, 3.05) is 5.32 Å². The Morgan fingerprint density at radius 2 is 2.00 bits per heavy atom. The molecule has 0 aliphatic heterocycles. The van der Waals surface area contributed by atoms with E-state index in [1.165, 1.54) is 11.3 Å². The first-order valence-corrected chi connectivity index (χ1v) is 7.13. The molecule has 21 heavy (non-hydrogen) atoms. The molecule has 1 aromatic rings. The summed E-state index contributed by atoms with van der Waals surface area (Å²) in [5, 5.41) is 22.5. The number of nitrogens with one attached hydrogen (secondary N) is 2. The maximum absolute atomic E-state index is 11.7. The number of hydrogen-bond acceptors (Lipinski definition) is 5. The molecule has 9 heteroatoms. The number of urea groups is 1. The monoisotopic (exact) mass is 315 g/mol. The van der Waals surface area contributed by atoms with Crippen LogP contribution in [0.3, 0.4) is 0 Å². The molecule has 0 saturated carbocycles. The van der Waals surface area contributed by atoms with Gasteiger partial charge < -0.3 is 15.5 Å². The van der Waals surface area contributed by atoms with Gasteiger partial charge in [0.25, 0.3) is 0 Å². The smallest absolute Gasteiger partial charge is 0.326 e. The van der Waals surface area contributed by atoms with Crippen molar-refractivity contribution in [3.05, 3.63) is 10.6 Å². The molecule has 0 saturated heterocycles. The predicted octanol–water partition coefficient (Wildman–Crippen LogP) is 1.45. The summed E-state index contributed by atoms with van der Waals surface area (Å²) in [5.41, 5.74) is 0.871. The molecule has 0 radical (unpaired) electrons. The molecule has 0 aliphatic rings. The van der Waals surface area contributed by atoms with E-state index in [-0.39, 0.29) is 12.8 Å². The van der Waals surface area contributed by atoms with Gasteiger partial charge in [-0.1, -0.05) is 6.92 Å². The van der Waals surface area contributed by atoms with Gasteiger partial charge in [0.1, 0.15) is 6.04 Å². The van der Waals surface area contributed by atoms with E-state index >= 15 is 0 Å². The minimum atomic E-state index is -1.28. The second-order valence-corrected chi connectivity index (χ2v) is 5.50. The summed E-state index contributed by atoms with van der Waals surface area (Å²) in [6.07, 6.45) is 0.213. The molecule has 1 rings (SSSR count). The van der Waals surface area contributed by atoms with Crippen LogP contribution in [0.5, 0.6) is 0 Å². The molecular formula is C12H17N3O5S. The third-order valence-electron chi connectivity index (χ3n) is 2.70. The van der Waals surface area contributed by atoms with Crippen LogP contribution in [0, 0.1) is 6.92 Å². The van der Waals surface area contributed by atoms with Gasteiger partial charge in [-0.3, -0.25) is 10.1 Å². The SMILES string of the molecule is CCc1nc(NC(=O)NC(CCC(=O)O)C(=O)O)sc1C. The third kappa shape index (κ3) is 5.38. The van der Waals surface area contributed by atoms with Gasteiger partial charge in [-0.25, -0.2) is 14.6 Å². The van der Waals surface area contributed by atoms with Crippen molar-refractivity contribution in [1.82, 2.24) is 10.3 Å². The number of nitrogens with zero attached hydrogens (tertiary/aromatic N) is 1. The highest BCUT2D eigenvalue weighted by atomic mass is 32.1. The number of amides is 2. The highest BCUT2D eigenvalue weighted by Crippen LogP contribution is 2.22. The van der Waals surface area contributed by atoms with Gasteiger partial charge in [-0.05, 0) is 19.8 Å². The van der Waals surface area contributed by atoms with Gasteiger partial charge in [-0.2, -0.15) is 0 Å². The van der Waals surface area contributed by atoms with Crippen LogP contribution in [0.4, 0.5) is 9.93 Å². The van der Waals surface area contributed by atoms with Gasteiger partial charge in [0.2, 0.25) is 0 Å². The van der Waals surface area contributed by atoms with Crippen LogP contribution in [0.25, 0.3) is 0 Å². The zero-order chi connectivity index (χ0) is 16.0. The normalized spacial score (nSPS) is 11.7. The Morgan fingerprint density at radius 3 is 2.48 bits per heavy atom. The topological polar surface area (TPSA) is 129 Å². The number of carboxylic acid groups (broad SMARTS) is 2. The van der Waals surface area contributed by atoms with Crippen molar-refractivity contribution in [2.45, 2.75) is 39.2 Å². The summed E-state index contributed by atoms with van der Waals surface area (Å²) in [6.45, 7) is 3.82. The van der Waals surface area contributed by atoms with E-state index < -0.39 is 24.0 Å². The molecule has 1 aromatic heterocycles. The van der Waals surface area contributed by atoms with Crippen LogP contribution in [-0.2, 0) is 16.0 Å². The number of carboxylic acids is 2. The minimum Gasteiger partial charge on any atom is -0.481 e. The Kier molecular flexibility index (Phi) is 6.10. The fourth-order valence-corrected chi connectivity index (χ4v) is 2.52. The quantitative estimate of drug-likeness (QED) is 0.603. The summed E-state index contributed by atoms with van der Waals surface area (Å²) in [4.78, 5) is 38.3. The lowest BCUT2D eigenvalue weighted by atomic mass is 10.1. The van der Waals surface area contributed by atoms with Gasteiger partial charge in [0.05, 0.1) is 5.69 Å². The number of anilines is 1. The van der Waals surface area contributed by atoms with Crippen LogP contribution in [-0.4, -0.2) is 39.2 Å². The average molecular weight is 315 g/mol. The standard InChI is InChI=1S/C12H17N3O5S/c1-3-7-6(2)21-12(14-7)15-11(20)13-8(10(18)19)4-5-9(16)17/h8H,3-5H2,1-2H3,(H,16,17)(H,18,19)(H2,13,14,15,20). The highest BCUT2D eigenvalue weighted by molar-refractivity contribution is 7.15. The lowest BCUT2D eigenvalue weighted by Crippen LogP contribution is -2.43. The first kappa shape index (κ1) is 16.9. The van der Waals surface area contributed by atoms with Gasteiger partial charge >= 0.3 is 18.0 Å². The number of thiazole rings is 1. The summed E-state index contributed by atoms with van der Waals surface area (Å²) in [5.74, 6) is -2.40. The van der Waals surface area contributed by atoms with E-state index in [9.17, 15) is 14.4 Å².